The van der Waals surface area contributed by atoms with Gasteiger partial charge in [-0.15, -0.1) is 0 Å². The van der Waals surface area contributed by atoms with Crippen LogP contribution in [0.4, 0.5) is 47.2 Å². The smallest absolute Gasteiger partial charge is 0.427 e. The van der Waals surface area contributed by atoms with E-state index in [1.807, 2.05) is 51.8 Å². The van der Waals surface area contributed by atoms with E-state index in [1.54, 1.807) is 56.9 Å². The molecule has 394 valence electrons. The summed E-state index contributed by atoms with van der Waals surface area (Å²) in [5.41, 5.74) is -2.93. The first kappa shape index (κ1) is 50.5. The lowest BCUT2D eigenvalue weighted by molar-refractivity contribution is -0.206. The van der Waals surface area contributed by atoms with Gasteiger partial charge in [-0.1, -0.05) is 24.3 Å². The Balaban J connectivity index is 1.07. The number of carbonyl (C=O) groups is 1. The molecule has 14 nitrogen and oxygen atoms in total. The molecule has 1 saturated carbocycles. The second kappa shape index (κ2) is 18.0. The number of halogens is 8. The standard InChI is InChI=1S/C52H54F7IN8O6/c1-27-38(60)34(36(53)44(61-27)65(20-28-8-13-31(70-5)14-9-28)21-29-10-15-32(71-6)16-11-29)39-37(54)40-35-43(64-46(63-40)72-26-50-18-7-19-66(50)25-49(23-50)24-51(49,55)56)67-22-30-12-17-33(68(30)47(69)74-48(2,3)4)41(67)42(52(57,58)59)73-45(35)62-39/h8-11,13-16,30,33,41-42H,7,12,17-26H2,1-6H3/t30-,33+,41+,42-,49?,50+/m1/s1. The van der Waals surface area contributed by atoms with E-state index in [0.29, 0.717) is 30.9 Å². The number of piperazine rings is 1. The fraction of sp³-hybridized carbons (Fsp3) is 0.519. The molecule has 5 fully saturated rings. The molecule has 11 rings (SSSR count). The number of methoxy groups -OCH3 is 2. The van der Waals surface area contributed by atoms with Gasteiger partial charge in [0.25, 0.3) is 5.92 Å². The fourth-order valence-electron chi connectivity index (χ4n) is 12.1. The van der Waals surface area contributed by atoms with Crippen LogP contribution in [0.2, 0.25) is 0 Å². The van der Waals surface area contributed by atoms with Crippen LogP contribution >= 0.6 is 22.6 Å². The van der Waals surface area contributed by atoms with Crippen molar-refractivity contribution in [3.63, 3.8) is 0 Å². The number of aromatic nitrogens is 4. The average molecular weight is 1150 g/mol. The van der Waals surface area contributed by atoms with Crippen LogP contribution in [0.3, 0.4) is 0 Å². The summed E-state index contributed by atoms with van der Waals surface area (Å²) >= 11 is 1.82. The summed E-state index contributed by atoms with van der Waals surface area (Å²) in [4.78, 5) is 38.7. The molecular weight excluding hydrogens is 1090 g/mol. The maximum atomic E-state index is 18.2. The number of anilines is 2. The number of aryl methyl sites for hydroxylation is 1. The minimum absolute atomic E-state index is 0.101. The molecule has 6 atom stereocenters. The number of rotatable bonds is 11. The molecule has 5 aromatic rings. The number of hydrogen-bond acceptors (Lipinski definition) is 13. The number of nitrogens with zero attached hydrogens (tertiary/aromatic N) is 8. The molecule has 74 heavy (non-hydrogen) atoms. The van der Waals surface area contributed by atoms with Crippen LogP contribution in [0.25, 0.3) is 22.2 Å². The second-order valence-electron chi connectivity index (χ2n) is 21.5. The van der Waals surface area contributed by atoms with Crippen LogP contribution in [0, 0.1) is 27.5 Å². The lowest BCUT2D eigenvalue weighted by Gasteiger charge is -2.48. The topological polar surface area (TPSA) is 128 Å². The number of benzene rings is 2. The molecule has 1 spiro atoms. The SMILES string of the molecule is COc1ccc(CN(Cc2ccc(OC)cc2)c2nc(C)c(I)c(-c3nc4c5c(nc(OC[C@@]67CCCN6CC6(CC6(F)F)C7)nc5c3F)N3C[C@H]5CC[C@@H]([C@H]3[C@H](C(F)(F)F)O4)N5C(=O)OC(C)(C)C)c2F)cc1. The summed E-state index contributed by atoms with van der Waals surface area (Å²) in [7, 11) is 3.07. The number of pyridine rings is 2. The Morgan fingerprint density at radius 1 is 0.905 bits per heavy atom. The molecule has 1 amide bonds. The zero-order chi connectivity index (χ0) is 52.4. The van der Waals surface area contributed by atoms with E-state index in [9.17, 15) is 13.6 Å². The third kappa shape index (κ3) is 8.62. The van der Waals surface area contributed by atoms with Crippen LogP contribution in [0.5, 0.6) is 23.4 Å². The summed E-state index contributed by atoms with van der Waals surface area (Å²) in [6, 6.07) is 10.4. The molecule has 8 heterocycles. The maximum Gasteiger partial charge on any atom is 0.427 e. The molecule has 4 saturated heterocycles. The monoisotopic (exact) mass is 1150 g/mol. The van der Waals surface area contributed by atoms with Crippen LogP contribution in [0.1, 0.15) is 76.1 Å². The van der Waals surface area contributed by atoms with Gasteiger partial charge >= 0.3 is 18.3 Å². The summed E-state index contributed by atoms with van der Waals surface area (Å²) in [5.74, 6) is -4.99. The van der Waals surface area contributed by atoms with E-state index in [1.165, 1.54) is 24.0 Å². The predicted octanol–water partition coefficient (Wildman–Crippen LogP) is 10.4. The Labute approximate surface area is 436 Å². The van der Waals surface area contributed by atoms with Crippen molar-refractivity contribution in [2.75, 3.05) is 50.3 Å². The van der Waals surface area contributed by atoms with E-state index in [2.05, 4.69) is 9.97 Å². The van der Waals surface area contributed by atoms with Gasteiger partial charge in [0.05, 0.1) is 54.6 Å². The average Bonchev–Trinajstić information content (AvgIpc) is 3.59. The van der Waals surface area contributed by atoms with Gasteiger partial charge in [0, 0.05) is 36.2 Å². The van der Waals surface area contributed by atoms with Gasteiger partial charge in [-0.25, -0.2) is 32.3 Å². The molecule has 0 N–H and O–H groups in total. The number of ether oxygens (including phenoxy) is 5. The van der Waals surface area contributed by atoms with Gasteiger partial charge in [0.1, 0.15) is 46.1 Å². The van der Waals surface area contributed by atoms with Crippen molar-refractivity contribution in [2.45, 2.75) is 127 Å². The molecule has 6 aliphatic rings. The van der Waals surface area contributed by atoms with E-state index >= 15 is 22.0 Å². The molecule has 2 bridgehead atoms. The van der Waals surface area contributed by atoms with Gasteiger partial charge in [-0.2, -0.15) is 23.1 Å². The fourth-order valence-corrected chi connectivity index (χ4v) is 12.7. The molecule has 1 unspecified atom stereocenters. The molecule has 3 aromatic heterocycles. The van der Waals surface area contributed by atoms with E-state index in [-0.39, 0.29) is 78.3 Å². The van der Waals surface area contributed by atoms with E-state index in [0.717, 1.165) is 17.5 Å². The van der Waals surface area contributed by atoms with Gasteiger partial charge in [0.15, 0.2) is 17.5 Å². The quantitative estimate of drug-likeness (QED) is 0.0921. The third-order valence-electron chi connectivity index (χ3n) is 15.6. The van der Waals surface area contributed by atoms with Gasteiger partial charge in [0.2, 0.25) is 12.0 Å². The molecule has 22 heteroatoms. The van der Waals surface area contributed by atoms with E-state index < -0.39 is 99.3 Å². The van der Waals surface area contributed by atoms with Crippen LogP contribution in [-0.4, -0.2) is 124 Å². The number of carbonyl (C=O) groups excluding carboxylic acids is 1. The molecule has 2 aromatic carbocycles. The molecule has 0 radical (unpaired) electrons. The Hall–Kier alpha value is -5.65. The van der Waals surface area contributed by atoms with Crippen molar-refractivity contribution in [2.24, 2.45) is 5.41 Å². The lowest BCUT2D eigenvalue weighted by atomic mass is 9.89. The Kier molecular flexibility index (Phi) is 12.3. The third-order valence-corrected chi connectivity index (χ3v) is 16.9. The highest BCUT2D eigenvalue weighted by Gasteiger charge is 2.77. The molecule has 5 aliphatic heterocycles. The highest BCUT2D eigenvalue weighted by Crippen LogP contribution is 2.69. The first-order valence-electron chi connectivity index (χ1n) is 24.6. The van der Waals surface area contributed by atoms with E-state index in [4.69, 9.17) is 33.7 Å². The van der Waals surface area contributed by atoms with Crippen molar-refractivity contribution in [1.29, 1.82) is 0 Å². The minimum Gasteiger partial charge on any atom is -0.497 e. The Morgan fingerprint density at radius 3 is 2.15 bits per heavy atom. The zero-order valence-corrected chi connectivity index (χ0v) is 43.6. The highest BCUT2D eigenvalue weighted by molar-refractivity contribution is 14.1. The van der Waals surface area contributed by atoms with Crippen LogP contribution < -0.4 is 28.7 Å². The largest absolute Gasteiger partial charge is 0.497 e. The Bertz CT molecular complexity index is 2990. The van der Waals surface area contributed by atoms with Gasteiger partial charge < -0.3 is 33.5 Å². The van der Waals surface area contributed by atoms with Crippen LogP contribution in [0.15, 0.2) is 48.5 Å². The number of hydrogen-bond donors (Lipinski definition) is 0. The summed E-state index contributed by atoms with van der Waals surface area (Å²) in [6.45, 7) is 7.16. The van der Waals surface area contributed by atoms with Gasteiger partial charge in [-0.3, -0.25) is 9.80 Å². The zero-order valence-electron chi connectivity index (χ0n) is 41.5. The van der Waals surface area contributed by atoms with Crippen molar-refractivity contribution in [3.05, 3.63) is 80.6 Å². The minimum atomic E-state index is -5.12. The van der Waals surface area contributed by atoms with Crippen molar-refractivity contribution < 1.29 is 59.2 Å². The molecule has 1 aliphatic carbocycles. The highest BCUT2D eigenvalue weighted by atomic mass is 127. The summed E-state index contributed by atoms with van der Waals surface area (Å²) < 4.78 is 143. The lowest BCUT2D eigenvalue weighted by Crippen LogP contribution is -2.68. The van der Waals surface area contributed by atoms with Crippen molar-refractivity contribution >= 4 is 51.2 Å². The molecular formula is C52H54F7IN8O6. The maximum absolute atomic E-state index is 18.2. The number of fused-ring (bicyclic) bond motifs is 6. The van der Waals surface area contributed by atoms with Crippen molar-refractivity contribution in [3.8, 4) is 34.6 Å². The Morgan fingerprint density at radius 2 is 1.55 bits per heavy atom. The summed E-state index contributed by atoms with van der Waals surface area (Å²) in [5, 5.41) is -0.319. The number of amides is 1. The normalized spacial score (nSPS) is 25.6. The first-order valence-corrected chi connectivity index (χ1v) is 25.7. The van der Waals surface area contributed by atoms with Crippen LogP contribution in [-0.2, 0) is 17.8 Å². The second-order valence-corrected chi connectivity index (χ2v) is 22.6. The summed E-state index contributed by atoms with van der Waals surface area (Å²) in [6.07, 6.45) is -6.99. The van der Waals surface area contributed by atoms with Gasteiger partial charge in [-0.05, 0) is 124 Å². The first-order chi connectivity index (χ1) is 35.0. The number of alkyl halides is 5. The predicted molar refractivity (Wildman–Crippen MR) is 266 cm³/mol. The van der Waals surface area contributed by atoms with Crippen molar-refractivity contribution in [1.82, 2.24) is 29.7 Å².